The Balaban J connectivity index is 1.34. The van der Waals surface area contributed by atoms with E-state index in [0.717, 1.165) is 49.8 Å². The first kappa shape index (κ1) is 24.6. The first-order valence-electron chi connectivity index (χ1n) is 11.2. The highest BCUT2D eigenvalue weighted by Crippen LogP contribution is 2.46. The molecule has 2 aromatic carbocycles. The number of aliphatic hydroxyl groups is 1. The molecule has 0 spiro atoms. The second-order valence-corrected chi connectivity index (χ2v) is 10.2. The number of nitrogens with one attached hydrogen (secondary N) is 1. The van der Waals surface area contributed by atoms with Crippen molar-refractivity contribution in [2.24, 2.45) is 0 Å². The number of phenols is 1. The number of aliphatic hydroxyl groups excluding tert-OH is 1. The summed E-state index contributed by atoms with van der Waals surface area (Å²) in [6.45, 7) is 1.60. The van der Waals surface area contributed by atoms with Crippen LogP contribution in [0.4, 0.5) is 0 Å². The van der Waals surface area contributed by atoms with Crippen molar-refractivity contribution in [3.8, 4) is 17.2 Å². The largest absolute Gasteiger partial charge is 0.508 e. The van der Waals surface area contributed by atoms with Crippen LogP contribution >= 0.6 is 8.03 Å². The van der Waals surface area contributed by atoms with Gasteiger partial charge in [0.1, 0.15) is 36.6 Å². The highest BCUT2D eigenvalue weighted by atomic mass is 31.1. The Morgan fingerprint density at radius 1 is 0.969 bits per heavy atom. The molecule has 2 unspecified atom stereocenters. The van der Waals surface area contributed by atoms with Gasteiger partial charge in [0.05, 0.1) is 5.16 Å². The quantitative estimate of drug-likeness (QED) is 0.282. The van der Waals surface area contributed by atoms with Gasteiger partial charge in [-0.2, -0.15) is 0 Å². The number of benzene rings is 2. The predicted octanol–water partition coefficient (Wildman–Crippen LogP) is 3.51. The smallest absolute Gasteiger partial charge is 0.198 e. The van der Waals surface area contributed by atoms with Crippen LogP contribution in [0.2, 0.25) is 0 Å². The lowest BCUT2D eigenvalue weighted by molar-refractivity contribution is 0.106. The molecule has 0 radical (unpaired) electrons. The van der Waals surface area contributed by atoms with Gasteiger partial charge < -0.3 is 29.9 Å². The highest BCUT2D eigenvalue weighted by molar-refractivity contribution is 7.40. The summed E-state index contributed by atoms with van der Waals surface area (Å²) < 4.78 is 23.3. The topological polar surface area (TPSA) is 108 Å². The van der Waals surface area contributed by atoms with Crippen LogP contribution in [0.3, 0.4) is 0 Å². The summed E-state index contributed by atoms with van der Waals surface area (Å²) in [6.07, 6.45) is 4.80. The fourth-order valence-corrected chi connectivity index (χ4v) is 4.89. The van der Waals surface area contributed by atoms with Gasteiger partial charge in [-0.25, -0.2) is 0 Å². The van der Waals surface area contributed by atoms with Crippen LogP contribution in [0.1, 0.15) is 37.7 Å². The minimum absolute atomic E-state index is 0.172. The minimum atomic E-state index is -2.64. The molecule has 1 fully saturated rings. The summed E-state index contributed by atoms with van der Waals surface area (Å²) in [5.74, 6) is 1.50. The maximum absolute atomic E-state index is 11.9. The summed E-state index contributed by atoms with van der Waals surface area (Å²) in [5, 5.41) is 21.9. The zero-order valence-corrected chi connectivity index (χ0v) is 19.3. The third-order valence-corrected chi connectivity index (χ3v) is 7.50. The first-order valence-corrected chi connectivity index (χ1v) is 12.6. The van der Waals surface area contributed by atoms with E-state index in [1.165, 1.54) is 0 Å². The second kappa shape index (κ2) is 12.3. The number of ether oxygens (including phenoxy) is 2. The Labute approximate surface area is 190 Å². The fourth-order valence-electron chi connectivity index (χ4n) is 3.92. The second-order valence-electron chi connectivity index (χ2n) is 8.49. The van der Waals surface area contributed by atoms with E-state index in [9.17, 15) is 19.7 Å². The zero-order valence-electron chi connectivity index (χ0n) is 18.3. The Hall–Kier alpha value is -2.05. The zero-order chi connectivity index (χ0) is 22.8. The molecule has 0 saturated heterocycles. The third kappa shape index (κ3) is 7.52. The molecule has 0 amide bonds. The van der Waals surface area contributed by atoms with Crippen molar-refractivity contribution in [1.29, 1.82) is 0 Å². The molecule has 2 atom stereocenters. The summed E-state index contributed by atoms with van der Waals surface area (Å²) in [6, 6.07) is 14.2. The van der Waals surface area contributed by atoms with Crippen molar-refractivity contribution in [2.45, 2.75) is 49.8 Å². The maximum atomic E-state index is 11.9. The lowest BCUT2D eigenvalue weighted by Crippen LogP contribution is -2.34. The van der Waals surface area contributed by atoms with Gasteiger partial charge in [-0.1, -0.05) is 31.4 Å². The van der Waals surface area contributed by atoms with Crippen LogP contribution in [-0.4, -0.2) is 52.7 Å². The Morgan fingerprint density at radius 2 is 1.59 bits per heavy atom. The van der Waals surface area contributed by atoms with E-state index in [1.807, 2.05) is 24.3 Å². The molecule has 0 bridgehead atoms. The molecule has 3 rings (SSSR count). The van der Waals surface area contributed by atoms with Gasteiger partial charge in [0.25, 0.3) is 0 Å². The van der Waals surface area contributed by atoms with Gasteiger partial charge in [-0.15, -0.1) is 0 Å². The van der Waals surface area contributed by atoms with Crippen molar-refractivity contribution in [3.63, 3.8) is 0 Å². The average molecular weight is 464 g/mol. The normalized spacial score (nSPS) is 17.4. The van der Waals surface area contributed by atoms with Gasteiger partial charge in [0.15, 0.2) is 8.03 Å². The molecule has 1 aliphatic carbocycles. The van der Waals surface area contributed by atoms with Crippen molar-refractivity contribution in [3.05, 3.63) is 54.1 Å². The average Bonchev–Trinajstić information content (AvgIpc) is 2.81. The molecule has 1 aliphatic rings. The van der Waals surface area contributed by atoms with Crippen molar-refractivity contribution >= 4 is 8.03 Å². The lowest BCUT2D eigenvalue weighted by atomic mass is 9.89. The van der Waals surface area contributed by atoms with E-state index in [0.29, 0.717) is 25.4 Å². The van der Waals surface area contributed by atoms with Crippen LogP contribution in [0.15, 0.2) is 48.5 Å². The van der Waals surface area contributed by atoms with Crippen LogP contribution in [0, 0.1) is 0 Å². The SMILES string of the molecule is O=[PH](O)C1(COc2ccc(CCNCC(O)COc3ccc(O)cc3)cc2)CCCCC1. The molecular weight excluding hydrogens is 429 g/mol. The minimum Gasteiger partial charge on any atom is -0.508 e. The van der Waals surface area contributed by atoms with Gasteiger partial charge in [-0.05, 0) is 67.8 Å². The number of hydrogen-bond donors (Lipinski definition) is 4. The molecule has 8 heteroatoms. The van der Waals surface area contributed by atoms with Crippen molar-refractivity contribution < 1.29 is 29.1 Å². The molecule has 0 aliphatic heterocycles. The third-order valence-electron chi connectivity index (χ3n) is 5.95. The van der Waals surface area contributed by atoms with E-state index in [2.05, 4.69) is 5.32 Å². The molecule has 7 nitrogen and oxygen atoms in total. The number of hydrogen-bond acceptors (Lipinski definition) is 6. The fraction of sp³-hybridized carbons (Fsp3) is 0.500. The summed E-state index contributed by atoms with van der Waals surface area (Å²) in [7, 11) is -2.64. The summed E-state index contributed by atoms with van der Waals surface area (Å²) in [5.41, 5.74) is 1.14. The number of phenolic OH excluding ortho intramolecular Hbond substituents is 1. The molecule has 4 N–H and O–H groups in total. The van der Waals surface area contributed by atoms with Gasteiger partial charge in [-0.3, -0.25) is 4.57 Å². The monoisotopic (exact) mass is 463 g/mol. The summed E-state index contributed by atoms with van der Waals surface area (Å²) in [4.78, 5) is 9.84. The first-order chi connectivity index (χ1) is 15.5. The van der Waals surface area contributed by atoms with Crippen LogP contribution < -0.4 is 14.8 Å². The summed E-state index contributed by atoms with van der Waals surface area (Å²) >= 11 is 0. The van der Waals surface area contributed by atoms with E-state index in [4.69, 9.17) is 9.47 Å². The van der Waals surface area contributed by atoms with E-state index < -0.39 is 19.3 Å². The van der Waals surface area contributed by atoms with Gasteiger partial charge in [0.2, 0.25) is 0 Å². The number of aromatic hydroxyl groups is 1. The lowest BCUT2D eigenvalue weighted by Gasteiger charge is -2.34. The van der Waals surface area contributed by atoms with Crippen LogP contribution in [-0.2, 0) is 11.0 Å². The Morgan fingerprint density at radius 3 is 2.25 bits per heavy atom. The van der Waals surface area contributed by atoms with Crippen molar-refractivity contribution in [1.82, 2.24) is 5.32 Å². The molecular formula is C24H34NO6P. The number of rotatable bonds is 12. The van der Waals surface area contributed by atoms with E-state index >= 15 is 0 Å². The highest BCUT2D eigenvalue weighted by Gasteiger charge is 2.38. The molecule has 0 aromatic heterocycles. The molecule has 2 aromatic rings. The van der Waals surface area contributed by atoms with Crippen molar-refractivity contribution in [2.75, 3.05) is 26.3 Å². The molecule has 0 heterocycles. The molecule has 1 saturated carbocycles. The molecule has 32 heavy (non-hydrogen) atoms. The molecule has 176 valence electrons. The van der Waals surface area contributed by atoms with Crippen LogP contribution in [0.5, 0.6) is 17.2 Å². The van der Waals surface area contributed by atoms with Gasteiger partial charge >= 0.3 is 0 Å². The standard InChI is InChI=1S/C24H34NO6P/c26-20-6-10-22(11-7-20)30-17-21(27)16-25-15-12-19-4-8-23(9-5-19)31-18-24(32(28)29)13-2-1-3-14-24/h4-11,21,25-27,32H,1-3,12-18H2,(H,28,29). The van der Waals surface area contributed by atoms with E-state index in [1.54, 1.807) is 24.3 Å². The predicted molar refractivity (Wildman–Crippen MR) is 125 cm³/mol. The van der Waals surface area contributed by atoms with Gasteiger partial charge in [0, 0.05) is 6.54 Å². The maximum Gasteiger partial charge on any atom is 0.198 e. The Bertz CT molecular complexity index is 837. The van der Waals surface area contributed by atoms with E-state index in [-0.39, 0.29) is 12.4 Å². The Kier molecular flexibility index (Phi) is 9.42. The van der Waals surface area contributed by atoms with Crippen LogP contribution in [0.25, 0.3) is 0 Å².